The predicted octanol–water partition coefficient (Wildman–Crippen LogP) is 4.52. The molecule has 0 radical (unpaired) electrons. The van der Waals surface area contributed by atoms with E-state index in [0.29, 0.717) is 13.0 Å². The summed E-state index contributed by atoms with van der Waals surface area (Å²) in [5, 5.41) is 12.2. The summed E-state index contributed by atoms with van der Waals surface area (Å²) in [6.45, 7) is 0.466. The van der Waals surface area contributed by atoms with Crippen LogP contribution in [0, 0.1) is 0 Å². The number of rotatable bonds is 5. The highest BCUT2D eigenvalue weighted by Crippen LogP contribution is 2.44. The minimum atomic E-state index is -1.04. The predicted molar refractivity (Wildman–Crippen MR) is 129 cm³/mol. The van der Waals surface area contributed by atoms with E-state index in [1.165, 1.54) is 11.1 Å². The number of piperidine rings is 1. The van der Waals surface area contributed by atoms with Crippen LogP contribution < -0.4 is 5.32 Å². The molecule has 178 valence electrons. The van der Waals surface area contributed by atoms with Crippen LogP contribution in [0.2, 0.25) is 0 Å². The molecule has 35 heavy (non-hydrogen) atoms. The maximum absolute atomic E-state index is 13.2. The number of hydrogen-bond donors (Lipinski definition) is 2. The number of ether oxygens (including phenoxy) is 1. The van der Waals surface area contributed by atoms with Gasteiger partial charge in [-0.05, 0) is 53.6 Å². The molecule has 5 rings (SSSR count). The van der Waals surface area contributed by atoms with Crippen molar-refractivity contribution in [3.05, 3.63) is 83.7 Å². The fourth-order valence-corrected chi connectivity index (χ4v) is 4.99. The monoisotopic (exact) mass is 471 g/mol. The molecule has 2 aromatic carbocycles. The first kappa shape index (κ1) is 22.6. The fraction of sp³-hybridized carbons (Fsp3) is 0.259. The number of aromatic nitrogens is 1. The lowest BCUT2D eigenvalue weighted by atomic mass is 9.98. The lowest BCUT2D eigenvalue weighted by molar-refractivity contribution is -0.143. The van der Waals surface area contributed by atoms with E-state index < -0.39 is 24.0 Å². The van der Waals surface area contributed by atoms with Gasteiger partial charge in [0.1, 0.15) is 12.6 Å². The summed E-state index contributed by atoms with van der Waals surface area (Å²) in [4.78, 5) is 43.0. The van der Waals surface area contributed by atoms with Crippen LogP contribution in [0.15, 0.2) is 66.9 Å². The maximum atomic E-state index is 13.2. The molecule has 1 aliphatic heterocycles. The number of hydrogen-bond acceptors (Lipinski definition) is 5. The Morgan fingerprint density at radius 2 is 1.66 bits per heavy atom. The van der Waals surface area contributed by atoms with Crippen LogP contribution in [0.3, 0.4) is 0 Å². The van der Waals surface area contributed by atoms with Crippen LogP contribution in [-0.2, 0) is 9.53 Å². The number of pyridine rings is 1. The van der Waals surface area contributed by atoms with E-state index in [4.69, 9.17) is 4.74 Å². The van der Waals surface area contributed by atoms with E-state index in [-0.39, 0.29) is 23.9 Å². The Labute approximate surface area is 202 Å². The first-order chi connectivity index (χ1) is 17.0. The molecule has 2 amide bonds. The van der Waals surface area contributed by atoms with Crippen molar-refractivity contribution >= 4 is 23.7 Å². The molecular weight excluding hydrogens is 446 g/mol. The number of likely N-dealkylation sites (tertiary alicyclic amines) is 1. The van der Waals surface area contributed by atoms with Crippen LogP contribution in [0.4, 0.5) is 10.5 Å². The van der Waals surface area contributed by atoms with Crippen molar-refractivity contribution < 1.29 is 24.2 Å². The van der Waals surface area contributed by atoms with Crippen molar-refractivity contribution in [1.82, 2.24) is 9.88 Å². The quantitative estimate of drug-likeness (QED) is 0.566. The third-order valence-electron chi connectivity index (χ3n) is 6.64. The maximum Gasteiger partial charge on any atom is 0.411 e. The van der Waals surface area contributed by atoms with Crippen LogP contribution in [0.1, 0.15) is 46.8 Å². The molecule has 2 heterocycles. The van der Waals surface area contributed by atoms with Crippen molar-refractivity contribution in [2.45, 2.75) is 31.2 Å². The second-order valence-electron chi connectivity index (χ2n) is 8.70. The van der Waals surface area contributed by atoms with E-state index in [1.807, 2.05) is 36.4 Å². The molecule has 0 saturated carbocycles. The average Bonchev–Trinajstić information content (AvgIpc) is 3.21. The molecule has 8 heteroatoms. The molecule has 2 aliphatic rings. The van der Waals surface area contributed by atoms with Gasteiger partial charge in [0.05, 0.1) is 5.69 Å². The standard InChI is InChI=1S/C27H25N3O5/c31-25(30-15-6-5-13-23(30)26(32)33)24-22(12-7-14-28-24)29-27(34)35-16-21-19-10-3-1-8-17(19)18-9-2-4-11-20(18)21/h1-4,7-12,14,21,23H,5-6,13,15-16H2,(H,29,34)(H,32,33)/t23-/m0/s1. The summed E-state index contributed by atoms with van der Waals surface area (Å²) in [5.41, 5.74) is 4.64. The lowest BCUT2D eigenvalue weighted by Crippen LogP contribution is -2.48. The number of amides is 2. The Morgan fingerprint density at radius 1 is 0.971 bits per heavy atom. The van der Waals surface area contributed by atoms with E-state index in [9.17, 15) is 19.5 Å². The molecule has 2 N–H and O–H groups in total. The molecule has 0 unspecified atom stereocenters. The number of anilines is 1. The molecule has 0 bridgehead atoms. The second-order valence-corrected chi connectivity index (χ2v) is 8.70. The SMILES string of the molecule is O=C(Nc1cccnc1C(=O)N1CCCC[C@H]1C(=O)O)OCC1c2ccccc2-c2ccccc21. The molecule has 1 aliphatic carbocycles. The van der Waals surface area contributed by atoms with Gasteiger partial charge in [0.25, 0.3) is 5.91 Å². The number of benzene rings is 2. The van der Waals surface area contributed by atoms with Crippen LogP contribution in [-0.4, -0.2) is 52.2 Å². The Hall–Kier alpha value is -4.20. The molecular formula is C27H25N3O5. The van der Waals surface area contributed by atoms with Gasteiger partial charge in [-0.2, -0.15) is 0 Å². The van der Waals surface area contributed by atoms with E-state index >= 15 is 0 Å². The van der Waals surface area contributed by atoms with Gasteiger partial charge in [-0.25, -0.2) is 14.6 Å². The normalized spacial score (nSPS) is 16.8. The van der Waals surface area contributed by atoms with Crippen molar-refractivity contribution in [2.24, 2.45) is 0 Å². The zero-order valence-electron chi connectivity index (χ0n) is 19.0. The number of carboxylic acid groups (broad SMARTS) is 1. The smallest absolute Gasteiger partial charge is 0.411 e. The number of carbonyl (C=O) groups excluding carboxylic acids is 2. The molecule has 1 atom stereocenters. The first-order valence-electron chi connectivity index (χ1n) is 11.7. The average molecular weight is 472 g/mol. The summed E-state index contributed by atoms with van der Waals surface area (Å²) in [6, 6.07) is 18.4. The number of nitrogens with zero attached hydrogens (tertiary/aromatic N) is 2. The van der Waals surface area contributed by atoms with Crippen LogP contribution >= 0.6 is 0 Å². The Kier molecular flexibility index (Phi) is 6.18. The van der Waals surface area contributed by atoms with Crippen LogP contribution in [0.5, 0.6) is 0 Å². The second kappa shape index (κ2) is 9.58. The number of carboxylic acids is 1. The van der Waals surface area contributed by atoms with Gasteiger partial charge in [0.2, 0.25) is 0 Å². The number of aliphatic carboxylic acids is 1. The van der Waals surface area contributed by atoms with Crippen molar-refractivity contribution in [3.8, 4) is 11.1 Å². The van der Waals surface area contributed by atoms with Crippen molar-refractivity contribution in [1.29, 1.82) is 0 Å². The lowest BCUT2D eigenvalue weighted by Gasteiger charge is -2.33. The third kappa shape index (κ3) is 4.35. The fourth-order valence-electron chi connectivity index (χ4n) is 4.99. The van der Waals surface area contributed by atoms with Gasteiger partial charge in [-0.3, -0.25) is 10.1 Å². The summed E-state index contributed by atoms with van der Waals surface area (Å²) in [7, 11) is 0. The van der Waals surface area contributed by atoms with Gasteiger partial charge < -0.3 is 14.7 Å². The molecule has 1 saturated heterocycles. The molecule has 8 nitrogen and oxygen atoms in total. The van der Waals surface area contributed by atoms with E-state index in [2.05, 4.69) is 22.4 Å². The van der Waals surface area contributed by atoms with Gasteiger partial charge in [-0.1, -0.05) is 48.5 Å². The zero-order chi connectivity index (χ0) is 24.4. The van der Waals surface area contributed by atoms with E-state index in [1.54, 1.807) is 12.1 Å². The Bertz CT molecular complexity index is 1250. The zero-order valence-corrected chi connectivity index (χ0v) is 19.0. The molecule has 1 aromatic heterocycles. The molecule has 1 fully saturated rings. The highest BCUT2D eigenvalue weighted by atomic mass is 16.5. The Morgan fingerprint density at radius 3 is 2.34 bits per heavy atom. The topological polar surface area (TPSA) is 109 Å². The highest BCUT2D eigenvalue weighted by Gasteiger charge is 2.34. The first-order valence-corrected chi connectivity index (χ1v) is 11.7. The van der Waals surface area contributed by atoms with Gasteiger partial charge in [-0.15, -0.1) is 0 Å². The minimum Gasteiger partial charge on any atom is -0.480 e. The minimum absolute atomic E-state index is 0.00541. The molecule has 0 spiro atoms. The van der Waals surface area contributed by atoms with Crippen LogP contribution in [0.25, 0.3) is 11.1 Å². The number of fused-ring (bicyclic) bond motifs is 3. The summed E-state index contributed by atoms with van der Waals surface area (Å²) >= 11 is 0. The van der Waals surface area contributed by atoms with Crippen molar-refractivity contribution in [3.63, 3.8) is 0 Å². The summed E-state index contributed by atoms with van der Waals surface area (Å²) in [5.74, 6) is -1.65. The van der Waals surface area contributed by atoms with E-state index in [0.717, 1.165) is 35.1 Å². The third-order valence-corrected chi connectivity index (χ3v) is 6.64. The highest BCUT2D eigenvalue weighted by molar-refractivity contribution is 6.02. The van der Waals surface area contributed by atoms with Gasteiger partial charge in [0.15, 0.2) is 5.69 Å². The number of nitrogens with one attached hydrogen (secondary N) is 1. The summed E-state index contributed by atoms with van der Waals surface area (Å²) in [6.07, 6.45) is 2.59. The van der Waals surface area contributed by atoms with Gasteiger partial charge in [0, 0.05) is 18.7 Å². The summed E-state index contributed by atoms with van der Waals surface area (Å²) < 4.78 is 5.59. The van der Waals surface area contributed by atoms with Crippen molar-refractivity contribution in [2.75, 3.05) is 18.5 Å². The Balaban J connectivity index is 1.30. The van der Waals surface area contributed by atoms with Gasteiger partial charge >= 0.3 is 12.1 Å². The number of carbonyl (C=O) groups is 3. The largest absolute Gasteiger partial charge is 0.480 e. The molecule has 3 aromatic rings.